The van der Waals surface area contributed by atoms with Gasteiger partial charge in [-0.25, -0.2) is 0 Å². The van der Waals surface area contributed by atoms with Gasteiger partial charge in [0, 0.05) is 0 Å². The van der Waals surface area contributed by atoms with E-state index in [-0.39, 0.29) is 0 Å². The molecule has 74 valence electrons. The number of hydrogen-bond donors (Lipinski definition) is 0. The van der Waals surface area contributed by atoms with Crippen molar-refractivity contribution in [2.75, 3.05) is 0 Å². The summed E-state index contributed by atoms with van der Waals surface area (Å²) in [5.41, 5.74) is 0. The predicted molar refractivity (Wildman–Crippen MR) is 64.7 cm³/mol. The average molecular weight is 394 g/mol. The van der Waals surface area contributed by atoms with E-state index in [9.17, 15) is 0 Å². The monoisotopic (exact) mass is 396 g/mol. The van der Waals surface area contributed by atoms with Crippen LogP contribution in [0, 0.1) is 0 Å². The van der Waals surface area contributed by atoms with Gasteiger partial charge < -0.3 is 0 Å². The summed E-state index contributed by atoms with van der Waals surface area (Å²) in [4.78, 5) is 14.4. The molecule has 1 aromatic heterocycles. The Morgan fingerprint density at radius 1 is 0.769 bits per heavy atom. The Balaban J connectivity index is 3.01. The molecular weight excluding hydrogens is 374 g/mol. The van der Waals surface area contributed by atoms with Crippen molar-refractivity contribution in [2.24, 2.45) is 0 Å². The second-order valence-electron chi connectivity index (χ2n) is 5.66. The Bertz CT molecular complexity index is 260. The van der Waals surface area contributed by atoms with Gasteiger partial charge in [-0.1, -0.05) is 0 Å². The van der Waals surface area contributed by atoms with Crippen LogP contribution in [0.3, 0.4) is 0 Å². The molecule has 0 atom stereocenters. The van der Waals surface area contributed by atoms with Gasteiger partial charge in [0.25, 0.3) is 0 Å². The molecule has 0 saturated heterocycles. The third kappa shape index (κ3) is 3.18. The van der Waals surface area contributed by atoms with E-state index in [1.165, 1.54) is 7.55 Å². The van der Waals surface area contributed by atoms with E-state index < -0.39 is 36.8 Å². The van der Waals surface area contributed by atoms with E-state index in [0.717, 1.165) is 0 Å². The van der Waals surface area contributed by atoms with Crippen molar-refractivity contribution in [1.29, 1.82) is 0 Å². The van der Waals surface area contributed by atoms with Gasteiger partial charge in [0.05, 0.1) is 0 Å². The normalized spacial score (nSPS) is 13.4. The fourth-order valence-electron chi connectivity index (χ4n) is 1.14. The average Bonchev–Trinajstić information content (AvgIpc) is 2.28. The Labute approximate surface area is 89.7 Å². The number of hydrogen-bond acceptors (Lipinski definition) is 1. The molecule has 13 heavy (non-hydrogen) atoms. The molecule has 0 aliphatic carbocycles. The van der Waals surface area contributed by atoms with Gasteiger partial charge in [-0.05, 0) is 0 Å². The Morgan fingerprint density at radius 2 is 1.08 bits per heavy atom. The maximum atomic E-state index is 6.00. The summed E-state index contributed by atoms with van der Waals surface area (Å²) in [7, 11) is 0. The van der Waals surface area contributed by atoms with E-state index in [4.69, 9.17) is 4.42 Å². The Hall–Kier alpha value is 0.877. The summed E-state index contributed by atoms with van der Waals surface area (Å²) >= 11 is -3.85. The summed E-state index contributed by atoms with van der Waals surface area (Å²) in [6, 6.07) is 4.46. The third-order valence-electron chi connectivity index (χ3n) is 2.08. The van der Waals surface area contributed by atoms with Crippen LogP contribution >= 0.6 is 0 Å². The van der Waals surface area contributed by atoms with Gasteiger partial charge in [-0.15, -0.1) is 0 Å². The minimum atomic E-state index is -1.93. The summed E-state index contributed by atoms with van der Waals surface area (Å²) in [6.45, 7) is 0. The first-order valence-corrected chi connectivity index (χ1v) is 24.8. The first kappa shape index (κ1) is 11.9. The predicted octanol–water partition coefficient (Wildman–Crippen LogP) is 2.37. The first-order valence-electron chi connectivity index (χ1n) is 4.82. The third-order valence-corrected chi connectivity index (χ3v) is 12.1. The Morgan fingerprint density at radius 3 is 1.23 bits per heavy atom. The van der Waals surface area contributed by atoms with Crippen molar-refractivity contribution in [3.05, 3.63) is 12.1 Å². The summed E-state index contributed by atoms with van der Waals surface area (Å²) in [5, 5.41) is 0. The molecule has 1 heterocycles. The topological polar surface area (TPSA) is 13.1 Å². The van der Waals surface area contributed by atoms with E-state index in [1.54, 1.807) is 0 Å². The number of rotatable bonds is 2. The molecule has 0 bridgehead atoms. The SMILES string of the molecule is [CH3][Sn]([CH3])([CH3])[c]1cc[c]([Sn]([CH3])([CH3])[CH3])o1. The molecule has 0 aliphatic rings. The van der Waals surface area contributed by atoms with Gasteiger partial charge >= 0.3 is 90.5 Å². The van der Waals surface area contributed by atoms with Crippen LogP contribution < -0.4 is 7.55 Å². The molecule has 0 radical (unpaired) electrons. The van der Waals surface area contributed by atoms with Crippen LogP contribution in [-0.4, -0.2) is 36.8 Å². The second-order valence-corrected chi connectivity index (χ2v) is 34.2. The second kappa shape index (κ2) is 3.80. The molecule has 0 spiro atoms. The van der Waals surface area contributed by atoms with Gasteiger partial charge in [-0.2, -0.15) is 0 Å². The van der Waals surface area contributed by atoms with Crippen LogP contribution in [-0.2, 0) is 0 Å². The fraction of sp³-hybridized carbons (Fsp3) is 0.600. The summed E-state index contributed by atoms with van der Waals surface area (Å²) in [5.74, 6) is 0. The zero-order valence-electron chi connectivity index (χ0n) is 9.56. The number of furan rings is 1. The zero-order chi connectivity index (χ0) is 10.3. The standard InChI is InChI=1S/C4H2O.6CH3.2Sn/c1-2-4-5-3-1;;;;;;;;/h1-2H;6*1H3;;. The minimum absolute atomic E-state index is 1.33. The molecule has 1 rings (SSSR count). The maximum absolute atomic E-state index is 6.00. The van der Waals surface area contributed by atoms with Crippen molar-refractivity contribution in [3.63, 3.8) is 0 Å². The van der Waals surface area contributed by atoms with Crippen molar-refractivity contribution in [2.45, 2.75) is 29.6 Å². The molecule has 0 unspecified atom stereocenters. The quantitative estimate of drug-likeness (QED) is 0.703. The van der Waals surface area contributed by atoms with Crippen LogP contribution in [0.4, 0.5) is 0 Å². The van der Waals surface area contributed by atoms with E-state index in [2.05, 4.69) is 41.8 Å². The van der Waals surface area contributed by atoms with Crippen molar-refractivity contribution in [3.8, 4) is 0 Å². The van der Waals surface area contributed by atoms with Crippen LogP contribution in [0.5, 0.6) is 0 Å². The van der Waals surface area contributed by atoms with Crippen molar-refractivity contribution >= 4 is 44.3 Å². The van der Waals surface area contributed by atoms with Gasteiger partial charge in [0.1, 0.15) is 0 Å². The van der Waals surface area contributed by atoms with E-state index in [0.29, 0.717) is 0 Å². The van der Waals surface area contributed by atoms with Gasteiger partial charge in [0.15, 0.2) is 0 Å². The first-order chi connectivity index (χ1) is 5.71. The molecule has 1 aromatic rings. The van der Waals surface area contributed by atoms with Crippen LogP contribution in [0.1, 0.15) is 0 Å². The van der Waals surface area contributed by atoms with Crippen LogP contribution in [0.15, 0.2) is 16.5 Å². The van der Waals surface area contributed by atoms with Crippen molar-refractivity contribution < 1.29 is 4.42 Å². The van der Waals surface area contributed by atoms with E-state index in [1.807, 2.05) is 0 Å². The summed E-state index contributed by atoms with van der Waals surface area (Å²) in [6.07, 6.45) is 0. The molecule has 1 nitrogen and oxygen atoms in total. The van der Waals surface area contributed by atoms with Gasteiger partial charge in [0.2, 0.25) is 0 Å². The molecule has 0 amide bonds. The fourth-order valence-corrected chi connectivity index (χ4v) is 7.68. The molecule has 0 fully saturated rings. The molecule has 0 saturated carbocycles. The molecular formula is C10H20OSn2. The molecule has 0 aromatic carbocycles. The molecule has 0 aliphatic heterocycles. The van der Waals surface area contributed by atoms with Crippen LogP contribution in [0.2, 0.25) is 29.6 Å². The molecule has 0 N–H and O–H groups in total. The summed E-state index contributed by atoms with van der Waals surface area (Å²) < 4.78 is 8.66. The molecule has 3 heteroatoms. The van der Waals surface area contributed by atoms with Crippen molar-refractivity contribution in [1.82, 2.24) is 0 Å². The Kier molecular flexibility index (Phi) is 3.49. The van der Waals surface area contributed by atoms with Gasteiger partial charge in [-0.3, -0.25) is 0 Å². The van der Waals surface area contributed by atoms with Crippen LogP contribution in [0.25, 0.3) is 0 Å². The van der Waals surface area contributed by atoms with E-state index >= 15 is 0 Å². The zero-order valence-corrected chi connectivity index (χ0v) is 15.3.